The average molecular weight is 746 g/mol. The predicted octanol–water partition coefficient (Wildman–Crippen LogP) is 6.29. The van der Waals surface area contributed by atoms with Crippen LogP contribution in [0.1, 0.15) is 16.7 Å². The van der Waals surface area contributed by atoms with E-state index in [-0.39, 0.29) is 27.8 Å². The smallest absolute Gasteiger partial charge is 0.335 e. The van der Waals surface area contributed by atoms with Crippen molar-refractivity contribution in [3.63, 3.8) is 0 Å². The molecule has 8 aromatic rings. The van der Waals surface area contributed by atoms with E-state index in [1.165, 1.54) is 22.2 Å². The van der Waals surface area contributed by atoms with Gasteiger partial charge >= 0.3 is 21.1 Å². The third kappa shape index (κ3) is 4.55. The zero-order valence-electron chi connectivity index (χ0n) is 24.6. The van der Waals surface area contributed by atoms with Crippen LogP contribution < -0.4 is 16.4 Å². The third-order valence-corrected chi connectivity index (χ3v) is 8.44. The predicted molar refractivity (Wildman–Crippen MR) is 178 cm³/mol. The Labute approximate surface area is 271 Å². The van der Waals surface area contributed by atoms with Gasteiger partial charge in [-0.2, -0.15) is 10.9 Å². The van der Waals surface area contributed by atoms with Gasteiger partial charge in [0.05, 0.1) is 11.0 Å². The fraction of sp³-hybridized carbons (Fsp3) is 0.0789. The van der Waals surface area contributed by atoms with Crippen molar-refractivity contribution in [1.29, 1.82) is 0 Å². The monoisotopic (exact) mass is 745 g/mol. The molecule has 0 amide bonds. The molecule has 8 rings (SSSR count). The van der Waals surface area contributed by atoms with E-state index in [0.717, 1.165) is 60.7 Å². The molecule has 0 atom stereocenters. The molecule has 0 bridgehead atoms. The van der Waals surface area contributed by atoms with Gasteiger partial charge in [-0.25, -0.2) is 4.98 Å². The van der Waals surface area contributed by atoms with Crippen molar-refractivity contribution in [2.75, 3.05) is 0 Å². The van der Waals surface area contributed by atoms with Crippen LogP contribution in [0.4, 0.5) is 0 Å². The molecule has 4 aromatic carbocycles. The molecule has 0 N–H and O–H groups in total. The van der Waals surface area contributed by atoms with Crippen molar-refractivity contribution in [3.8, 4) is 11.3 Å². The number of nitrogens with zero attached hydrogens (tertiary/aromatic N) is 4. The van der Waals surface area contributed by atoms with Crippen molar-refractivity contribution in [2.24, 2.45) is 0 Å². The first-order chi connectivity index (χ1) is 21.1. The van der Waals surface area contributed by atoms with Crippen molar-refractivity contribution in [2.45, 2.75) is 20.8 Å². The van der Waals surface area contributed by atoms with Gasteiger partial charge in [0.1, 0.15) is 5.65 Å². The molecule has 0 aliphatic heterocycles. The number of fused-ring (bicyclic) bond motifs is 8. The third-order valence-electron chi connectivity index (χ3n) is 8.44. The van der Waals surface area contributed by atoms with Gasteiger partial charge in [-0.3, -0.25) is 0 Å². The molecule has 0 fully saturated rings. The van der Waals surface area contributed by atoms with E-state index in [1.54, 1.807) is 0 Å². The van der Waals surface area contributed by atoms with E-state index < -0.39 is 0 Å². The van der Waals surface area contributed by atoms with E-state index in [4.69, 9.17) is 9.97 Å². The molecular weight excluding hydrogens is 718 g/mol. The number of hydrogen-bond donors (Lipinski definition) is 0. The number of aryl methyl sites for hydroxylation is 3. The summed E-state index contributed by atoms with van der Waals surface area (Å²) in [6.45, 7) is 6.50. The SMILES string of the molecule is Cc1cc(C)c(B(c2[c-]c(-c3ccccn3)ccc2)c2[c-]c3c4ncccc4c4nc5ccccc5n4c3cc2)c(C)c1.[Pt+2]. The standard InChI is InChI=1S/C38H27BN4.Pt/c1-24-20-25(2)36(26(3)21-24)39(28-11-8-10-27(22-28)32-13-6-7-18-40-32)29-16-17-34-31(23-29)37-30(12-9-19-41-37)38-42-33-14-4-5-15-35(33)43(34)38;/h4-21H,1-3H3;/q-2;+2. The van der Waals surface area contributed by atoms with Crippen LogP contribution in [0.3, 0.4) is 0 Å². The molecule has 0 saturated heterocycles. The molecule has 4 heterocycles. The molecule has 6 heteroatoms. The zero-order valence-corrected chi connectivity index (χ0v) is 26.8. The van der Waals surface area contributed by atoms with Gasteiger partial charge in [0, 0.05) is 23.3 Å². The Hall–Kier alpha value is -4.60. The van der Waals surface area contributed by atoms with Crippen molar-refractivity contribution in [1.82, 2.24) is 19.4 Å². The number of pyridine rings is 3. The van der Waals surface area contributed by atoms with E-state index in [2.05, 4.69) is 109 Å². The second kappa shape index (κ2) is 11.2. The van der Waals surface area contributed by atoms with Gasteiger partial charge in [0.25, 0.3) is 0 Å². The fourth-order valence-corrected chi connectivity index (χ4v) is 6.72. The summed E-state index contributed by atoms with van der Waals surface area (Å²) in [6.07, 6.45) is 3.69. The first kappa shape index (κ1) is 28.2. The summed E-state index contributed by atoms with van der Waals surface area (Å²) < 4.78 is 2.25. The van der Waals surface area contributed by atoms with Gasteiger partial charge in [0.15, 0.2) is 0 Å². The van der Waals surface area contributed by atoms with Crippen LogP contribution in [-0.2, 0) is 21.1 Å². The molecular formula is C38H27BN4Pt. The van der Waals surface area contributed by atoms with Crippen LogP contribution in [-0.4, -0.2) is 26.1 Å². The van der Waals surface area contributed by atoms with Crippen LogP contribution >= 0.6 is 0 Å². The Morgan fingerprint density at radius 3 is 2.27 bits per heavy atom. The molecule has 0 aliphatic carbocycles. The molecule has 4 nitrogen and oxygen atoms in total. The van der Waals surface area contributed by atoms with Crippen LogP contribution in [0.2, 0.25) is 0 Å². The normalized spacial score (nSPS) is 11.3. The minimum absolute atomic E-state index is 0. The number of para-hydroxylation sites is 2. The molecule has 4 aromatic heterocycles. The summed E-state index contributed by atoms with van der Waals surface area (Å²) in [5, 5.41) is 2.00. The van der Waals surface area contributed by atoms with Crippen LogP contribution in [0.15, 0.2) is 109 Å². The zero-order chi connectivity index (χ0) is 29.1. The van der Waals surface area contributed by atoms with Crippen molar-refractivity contribution >= 4 is 61.6 Å². The fourth-order valence-electron chi connectivity index (χ4n) is 6.72. The molecule has 0 radical (unpaired) electrons. The van der Waals surface area contributed by atoms with Gasteiger partial charge in [-0.1, -0.05) is 64.6 Å². The van der Waals surface area contributed by atoms with Crippen LogP contribution in [0.5, 0.6) is 0 Å². The second-order valence-electron chi connectivity index (χ2n) is 11.3. The summed E-state index contributed by atoms with van der Waals surface area (Å²) >= 11 is 0. The molecule has 0 unspecified atom stereocenters. The summed E-state index contributed by atoms with van der Waals surface area (Å²) in [4.78, 5) is 14.5. The number of benzene rings is 4. The van der Waals surface area contributed by atoms with Gasteiger partial charge < -0.3 is 14.4 Å². The Bertz CT molecular complexity index is 2320. The molecule has 0 spiro atoms. The maximum atomic E-state index is 5.01. The maximum Gasteiger partial charge on any atom is 2.00 e. The Balaban J connectivity index is 0.00000312. The van der Waals surface area contributed by atoms with E-state index in [9.17, 15) is 0 Å². The van der Waals surface area contributed by atoms with Gasteiger partial charge in [-0.05, 0) is 56.2 Å². The number of aromatic nitrogens is 4. The van der Waals surface area contributed by atoms with E-state index in [1.807, 2.05) is 42.7 Å². The minimum Gasteiger partial charge on any atom is -0.335 e. The Morgan fingerprint density at radius 2 is 1.45 bits per heavy atom. The Kier molecular flexibility index (Phi) is 7.15. The Morgan fingerprint density at radius 1 is 0.682 bits per heavy atom. The molecule has 212 valence electrons. The first-order valence-corrected chi connectivity index (χ1v) is 14.6. The van der Waals surface area contributed by atoms with E-state index in [0.29, 0.717) is 0 Å². The average Bonchev–Trinajstić information content (AvgIpc) is 3.43. The quantitative estimate of drug-likeness (QED) is 0.121. The molecule has 0 aliphatic rings. The molecule has 44 heavy (non-hydrogen) atoms. The van der Waals surface area contributed by atoms with Crippen molar-refractivity contribution in [3.05, 3.63) is 138 Å². The van der Waals surface area contributed by atoms with Crippen LogP contribution in [0.25, 0.3) is 49.7 Å². The first-order valence-electron chi connectivity index (χ1n) is 14.6. The summed E-state index contributed by atoms with van der Waals surface area (Å²) in [5.74, 6) is 0. The maximum absolute atomic E-state index is 5.01. The summed E-state index contributed by atoms with van der Waals surface area (Å²) in [6, 6.07) is 41.4. The summed E-state index contributed by atoms with van der Waals surface area (Å²) in [5.41, 5.74) is 14.0. The topological polar surface area (TPSA) is 43.1 Å². The minimum atomic E-state index is -0.0809. The second-order valence-corrected chi connectivity index (χ2v) is 11.3. The summed E-state index contributed by atoms with van der Waals surface area (Å²) in [7, 11) is 0. The van der Waals surface area contributed by atoms with Gasteiger partial charge in [0.2, 0.25) is 6.71 Å². The largest absolute Gasteiger partial charge is 2.00 e. The molecule has 0 saturated carbocycles. The number of rotatable bonds is 4. The van der Waals surface area contributed by atoms with Crippen molar-refractivity contribution < 1.29 is 21.1 Å². The number of imidazole rings is 1. The van der Waals surface area contributed by atoms with Gasteiger partial charge in [-0.15, -0.1) is 53.4 Å². The number of hydrogen-bond acceptors (Lipinski definition) is 3. The van der Waals surface area contributed by atoms with E-state index >= 15 is 0 Å². The van der Waals surface area contributed by atoms with Crippen LogP contribution in [0, 0.1) is 32.9 Å².